The van der Waals surface area contributed by atoms with Gasteiger partial charge in [-0.1, -0.05) is 12.1 Å². The minimum atomic E-state index is -0.785. The molecule has 99 valence electrons. The maximum absolute atomic E-state index is 5.84. The summed E-state index contributed by atoms with van der Waals surface area (Å²) in [6.07, 6.45) is 3.79. The summed E-state index contributed by atoms with van der Waals surface area (Å²) in [5.41, 5.74) is 2.85. The van der Waals surface area contributed by atoms with Gasteiger partial charge in [-0.05, 0) is 32.2 Å². The van der Waals surface area contributed by atoms with Crippen molar-refractivity contribution in [2.45, 2.75) is 20.0 Å². The zero-order chi connectivity index (χ0) is 13.8. The van der Waals surface area contributed by atoms with Crippen LogP contribution < -0.4 is 4.43 Å². The first-order valence-electron chi connectivity index (χ1n) is 6.17. The van der Waals surface area contributed by atoms with E-state index < -0.39 is 9.04 Å². The van der Waals surface area contributed by atoms with Crippen molar-refractivity contribution in [1.82, 2.24) is 9.78 Å². The molecule has 0 bridgehead atoms. The van der Waals surface area contributed by atoms with E-state index in [0.717, 1.165) is 22.7 Å². The minimum Gasteiger partial charge on any atom is -0.541 e. The molecule has 0 atom stereocenters. The zero-order valence-corrected chi connectivity index (χ0v) is 12.7. The summed E-state index contributed by atoms with van der Waals surface area (Å²) in [5, 5.41) is 4.29. The van der Waals surface area contributed by atoms with Gasteiger partial charge in [-0.25, -0.2) is 0 Å². The second-order valence-corrected chi connectivity index (χ2v) is 6.60. The van der Waals surface area contributed by atoms with Crippen LogP contribution in [0.15, 0.2) is 35.5 Å². The summed E-state index contributed by atoms with van der Waals surface area (Å²) >= 11 is 0. The highest BCUT2D eigenvalue weighted by atomic mass is 28.3. The van der Waals surface area contributed by atoms with Crippen LogP contribution >= 0.6 is 0 Å². The molecule has 0 spiro atoms. The maximum atomic E-state index is 5.84. The molecule has 0 saturated heterocycles. The molecule has 1 aromatic carbocycles. The first-order chi connectivity index (χ1) is 9.06. The smallest absolute Gasteiger partial charge is 0.274 e. The van der Waals surface area contributed by atoms with Crippen LogP contribution in [-0.4, -0.2) is 25.0 Å². The van der Waals surface area contributed by atoms with E-state index in [1.165, 1.54) is 0 Å². The molecule has 2 aromatic rings. The summed E-state index contributed by atoms with van der Waals surface area (Å²) in [4.78, 5) is 4.52. The van der Waals surface area contributed by atoms with E-state index in [1.807, 2.05) is 50.6 Å². The Bertz CT molecular complexity index is 590. The number of benzene rings is 1. The molecule has 1 aromatic heterocycles. The van der Waals surface area contributed by atoms with Gasteiger partial charge < -0.3 is 4.43 Å². The first kappa shape index (κ1) is 13.5. The first-order valence-corrected chi connectivity index (χ1v) is 8.58. The van der Waals surface area contributed by atoms with E-state index in [9.17, 15) is 0 Å². The van der Waals surface area contributed by atoms with Crippen LogP contribution in [0.3, 0.4) is 0 Å². The predicted molar refractivity (Wildman–Crippen MR) is 79.8 cm³/mol. The Labute approximate surface area is 115 Å². The molecular formula is C14H18N3OSi. The van der Waals surface area contributed by atoms with Crippen molar-refractivity contribution in [3.8, 4) is 5.75 Å². The van der Waals surface area contributed by atoms with Gasteiger partial charge >= 0.3 is 0 Å². The molecule has 2 rings (SSSR count). The Morgan fingerprint density at radius 2 is 2.05 bits per heavy atom. The van der Waals surface area contributed by atoms with Crippen molar-refractivity contribution in [1.29, 1.82) is 0 Å². The molecule has 0 N–H and O–H groups in total. The standard InChI is InChI=1S/C14H18N3OSi/c1-11-12(10-17(2)16-11)9-15-13-7-5-6-8-14(13)18-19(3)4/h5-10H,1-4H3. The Kier molecular flexibility index (Phi) is 4.16. The molecule has 1 radical (unpaired) electrons. The molecule has 0 aliphatic carbocycles. The van der Waals surface area contributed by atoms with E-state index in [2.05, 4.69) is 23.2 Å². The van der Waals surface area contributed by atoms with E-state index in [1.54, 1.807) is 4.68 Å². The molecule has 0 aliphatic heterocycles. The topological polar surface area (TPSA) is 39.4 Å². The molecule has 0 fully saturated rings. The van der Waals surface area contributed by atoms with Crippen LogP contribution in [-0.2, 0) is 7.05 Å². The number of hydrogen-bond acceptors (Lipinski definition) is 3. The Morgan fingerprint density at radius 3 is 2.68 bits per heavy atom. The average Bonchev–Trinajstić information content (AvgIpc) is 2.66. The van der Waals surface area contributed by atoms with Crippen molar-refractivity contribution in [2.24, 2.45) is 12.0 Å². The summed E-state index contributed by atoms with van der Waals surface area (Å²) in [5.74, 6) is 0.846. The number of hydrogen-bond donors (Lipinski definition) is 0. The average molecular weight is 272 g/mol. The van der Waals surface area contributed by atoms with E-state index in [0.29, 0.717) is 0 Å². The molecular weight excluding hydrogens is 254 g/mol. The van der Waals surface area contributed by atoms with Gasteiger partial charge in [0.05, 0.1) is 5.69 Å². The van der Waals surface area contributed by atoms with Crippen molar-refractivity contribution in [3.05, 3.63) is 41.7 Å². The quantitative estimate of drug-likeness (QED) is 0.633. The summed E-state index contributed by atoms with van der Waals surface area (Å²) in [6, 6.07) is 7.85. The largest absolute Gasteiger partial charge is 0.541 e. The molecule has 0 aliphatic rings. The number of nitrogens with zero attached hydrogens (tertiary/aromatic N) is 3. The van der Waals surface area contributed by atoms with Gasteiger partial charge in [0, 0.05) is 25.0 Å². The van der Waals surface area contributed by atoms with Crippen molar-refractivity contribution >= 4 is 20.9 Å². The predicted octanol–water partition coefficient (Wildman–Crippen LogP) is 3.11. The van der Waals surface area contributed by atoms with E-state index in [4.69, 9.17) is 4.43 Å². The second kappa shape index (κ2) is 5.84. The number of para-hydroxylation sites is 2. The number of aliphatic imine (C=N–C) groups is 1. The molecule has 1 heterocycles. The fourth-order valence-corrected chi connectivity index (χ4v) is 2.37. The maximum Gasteiger partial charge on any atom is 0.274 e. The van der Waals surface area contributed by atoms with Gasteiger partial charge in [0.2, 0.25) is 0 Å². The highest BCUT2D eigenvalue weighted by Gasteiger charge is 2.05. The van der Waals surface area contributed by atoms with Gasteiger partial charge in [0.15, 0.2) is 0 Å². The van der Waals surface area contributed by atoms with E-state index in [-0.39, 0.29) is 0 Å². The van der Waals surface area contributed by atoms with Gasteiger partial charge in [-0.3, -0.25) is 9.67 Å². The Morgan fingerprint density at radius 1 is 1.32 bits per heavy atom. The van der Waals surface area contributed by atoms with Crippen LogP contribution in [0.1, 0.15) is 11.3 Å². The van der Waals surface area contributed by atoms with Crippen molar-refractivity contribution in [3.63, 3.8) is 0 Å². The van der Waals surface area contributed by atoms with Crippen LogP contribution in [0, 0.1) is 6.92 Å². The van der Waals surface area contributed by atoms with E-state index >= 15 is 0 Å². The third kappa shape index (κ3) is 3.54. The molecule has 19 heavy (non-hydrogen) atoms. The third-order valence-electron chi connectivity index (χ3n) is 2.57. The Balaban J connectivity index is 2.25. The lowest BCUT2D eigenvalue weighted by Gasteiger charge is -2.10. The minimum absolute atomic E-state index is 0.785. The third-order valence-corrected chi connectivity index (χ3v) is 3.20. The molecule has 0 saturated carbocycles. The lowest BCUT2D eigenvalue weighted by Crippen LogP contribution is -2.11. The summed E-state index contributed by atoms with van der Waals surface area (Å²) in [6.45, 7) is 6.19. The highest BCUT2D eigenvalue weighted by Crippen LogP contribution is 2.27. The molecule has 0 unspecified atom stereocenters. The van der Waals surface area contributed by atoms with Crippen molar-refractivity contribution < 1.29 is 4.43 Å². The second-order valence-electron chi connectivity index (χ2n) is 4.58. The fraction of sp³-hybridized carbons (Fsp3) is 0.286. The van der Waals surface area contributed by atoms with Crippen LogP contribution in [0.25, 0.3) is 0 Å². The summed E-state index contributed by atoms with van der Waals surface area (Å²) in [7, 11) is 1.12. The van der Waals surface area contributed by atoms with Gasteiger partial charge in [-0.2, -0.15) is 5.10 Å². The number of aryl methyl sites for hydroxylation is 2. The normalized spacial score (nSPS) is 11.4. The van der Waals surface area contributed by atoms with Crippen molar-refractivity contribution in [2.75, 3.05) is 0 Å². The molecule has 0 amide bonds. The number of aromatic nitrogens is 2. The lowest BCUT2D eigenvalue weighted by molar-refractivity contribution is 0.582. The fourth-order valence-electron chi connectivity index (χ4n) is 1.75. The monoisotopic (exact) mass is 272 g/mol. The van der Waals surface area contributed by atoms with Crippen LogP contribution in [0.5, 0.6) is 5.75 Å². The SMILES string of the molecule is Cc1nn(C)cc1C=Nc1ccccc1O[Si](C)C. The summed E-state index contributed by atoms with van der Waals surface area (Å²) < 4.78 is 7.63. The van der Waals surface area contributed by atoms with Crippen LogP contribution in [0.2, 0.25) is 13.1 Å². The highest BCUT2D eigenvalue weighted by molar-refractivity contribution is 6.49. The molecule has 5 heteroatoms. The molecule has 4 nitrogen and oxygen atoms in total. The van der Waals surface area contributed by atoms with Crippen LogP contribution in [0.4, 0.5) is 5.69 Å². The lowest BCUT2D eigenvalue weighted by atomic mass is 10.3. The van der Waals surface area contributed by atoms with Gasteiger partial charge in [0.1, 0.15) is 11.4 Å². The number of rotatable bonds is 4. The zero-order valence-electron chi connectivity index (χ0n) is 11.7. The Hall–Kier alpha value is -1.88. The van der Waals surface area contributed by atoms with Gasteiger partial charge in [0.25, 0.3) is 9.04 Å². The van der Waals surface area contributed by atoms with Gasteiger partial charge in [-0.15, -0.1) is 0 Å².